The number of nitrogens with two attached hydrogens (primary N) is 1. The van der Waals surface area contributed by atoms with Crippen LogP contribution >= 0.6 is 15.9 Å². The minimum atomic E-state index is 0.418. The first-order valence-electron chi connectivity index (χ1n) is 6.31. The summed E-state index contributed by atoms with van der Waals surface area (Å²) in [6.07, 6.45) is 2.69. The fourth-order valence-corrected chi connectivity index (χ4v) is 2.88. The van der Waals surface area contributed by atoms with Crippen molar-refractivity contribution >= 4 is 15.9 Å². The van der Waals surface area contributed by atoms with Gasteiger partial charge in [-0.1, -0.05) is 28.1 Å². The maximum Gasteiger partial charge on any atom is 0.0320 e. The van der Waals surface area contributed by atoms with Crippen LogP contribution in [-0.2, 0) is 0 Å². The molecule has 2 unspecified atom stereocenters. The van der Waals surface area contributed by atoms with Crippen molar-refractivity contribution in [2.75, 3.05) is 13.6 Å². The maximum absolute atomic E-state index is 5.91. The standard InChI is InChI=1S/C14H21BrN2/c1-10(12-4-3-5-13(15)8-12)17(2)14(9-16)11-6-7-11/h3-5,8,10-11,14H,6-7,9,16H2,1-2H3. The van der Waals surface area contributed by atoms with E-state index >= 15 is 0 Å². The zero-order valence-corrected chi connectivity index (χ0v) is 12.2. The molecule has 3 heteroatoms. The summed E-state index contributed by atoms with van der Waals surface area (Å²) in [6.45, 7) is 3.02. The molecule has 1 fully saturated rings. The lowest BCUT2D eigenvalue weighted by molar-refractivity contribution is 0.170. The van der Waals surface area contributed by atoms with Crippen molar-refractivity contribution in [2.24, 2.45) is 11.7 Å². The molecule has 0 aliphatic heterocycles. The van der Waals surface area contributed by atoms with Crippen LogP contribution in [0.2, 0.25) is 0 Å². The topological polar surface area (TPSA) is 29.3 Å². The van der Waals surface area contributed by atoms with Gasteiger partial charge in [-0.3, -0.25) is 4.90 Å². The number of nitrogens with zero attached hydrogens (tertiary/aromatic N) is 1. The summed E-state index contributed by atoms with van der Waals surface area (Å²) in [6, 6.07) is 9.50. The molecule has 1 saturated carbocycles. The van der Waals surface area contributed by atoms with Crippen molar-refractivity contribution in [1.29, 1.82) is 0 Å². The van der Waals surface area contributed by atoms with Gasteiger partial charge in [0.1, 0.15) is 0 Å². The molecule has 0 heterocycles. The Morgan fingerprint density at radius 2 is 2.18 bits per heavy atom. The highest BCUT2D eigenvalue weighted by molar-refractivity contribution is 9.10. The number of likely N-dealkylation sites (N-methyl/N-ethyl adjacent to an activating group) is 1. The molecule has 0 aromatic heterocycles. The molecule has 0 spiro atoms. The lowest BCUT2D eigenvalue weighted by atomic mass is 10.0. The molecule has 2 rings (SSSR count). The lowest BCUT2D eigenvalue weighted by Crippen LogP contribution is -2.41. The molecular formula is C14H21BrN2. The first-order valence-corrected chi connectivity index (χ1v) is 7.10. The summed E-state index contributed by atoms with van der Waals surface area (Å²) in [7, 11) is 2.20. The summed E-state index contributed by atoms with van der Waals surface area (Å²) < 4.78 is 1.14. The molecule has 1 aromatic carbocycles. The Morgan fingerprint density at radius 1 is 1.47 bits per heavy atom. The molecule has 1 aliphatic carbocycles. The highest BCUT2D eigenvalue weighted by Gasteiger charge is 2.34. The van der Waals surface area contributed by atoms with Gasteiger partial charge in [0, 0.05) is 23.1 Å². The van der Waals surface area contributed by atoms with Crippen LogP contribution in [0.15, 0.2) is 28.7 Å². The van der Waals surface area contributed by atoms with Crippen LogP contribution in [0.5, 0.6) is 0 Å². The second-order valence-corrected chi connectivity index (χ2v) is 5.95. The Kier molecular flexibility index (Phi) is 4.23. The van der Waals surface area contributed by atoms with Gasteiger partial charge < -0.3 is 5.73 Å². The average molecular weight is 297 g/mol. The molecule has 1 aromatic rings. The first-order chi connectivity index (χ1) is 8.13. The fourth-order valence-electron chi connectivity index (χ4n) is 2.46. The van der Waals surface area contributed by atoms with Crippen LogP contribution in [0.1, 0.15) is 31.4 Å². The van der Waals surface area contributed by atoms with Crippen LogP contribution in [0, 0.1) is 5.92 Å². The molecule has 0 amide bonds. The molecule has 0 bridgehead atoms. The summed E-state index contributed by atoms with van der Waals surface area (Å²) in [5.41, 5.74) is 7.26. The zero-order valence-electron chi connectivity index (χ0n) is 10.6. The van der Waals surface area contributed by atoms with E-state index in [0.717, 1.165) is 16.9 Å². The minimum Gasteiger partial charge on any atom is -0.329 e. The van der Waals surface area contributed by atoms with E-state index in [1.807, 2.05) is 0 Å². The van der Waals surface area contributed by atoms with Crippen molar-refractivity contribution in [1.82, 2.24) is 4.90 Å². The molecule has 2 N–H and O–H groups in total. The normalized spacial score (nSPS) is 19.4. The van der Waals surface area contributed by atoms with E-state index in [2.05, 4.69) is 59.1 Å². The van der Waals surface area contributed by atoms with Gasteiger partial charge in [-0.25, -0.2) is 0 Å². The third-order valence-electron chi connectivity index (χ3n) is 3.87. The maximum atomic E-state index is 5.91. The van der Waals surface area contributed by atoms with E-state index in [1.54, 1.807) is 0 Å². The summed E-state index contributed by atoms with van der Waals surface area (Å²) >= 11 is 3.53. The zero-order chi connectivity index (χ0) is 12.4. The smallest absolute Gasteiger partial charge is 0.0320 e. The number of halogens is 1. The Morgan fingerprint density at radius 3 is 2.71 bits per heavy atom. The summed E-state index contributed by atoms with van der Waals surface area (Å²) in [4.78, 5) is 2.43. The predicted octanol–water partition coefficient (Wildman–Crippen LogP) is 3.18. The highest BCUT2D eigenvalue weighted by Crippen LogP contribution is 2.37. The highest BCUT2D eigenvalue weighted by atomic mass is 79.9. The molecule has 94 valence electrons. The van der Waals surface area contributed by atoms with E-state index < -0.39 is 0 Å². The largest absolute Gasteiger partial charge is 0.329 e. The number of benzene rings is 1. The Labute approximate surface area is 112 Å². The van der Waals surface area contributed by atoms with Gasteiger partial charge >= 0.3 is 0 Å². The van der Waals surface area contributed by atoms with E-state index in [9.17, 15) is 0 Å². The van der Waals surface area contributed by atoms with E-state index in [0.29, 0.717) is 12.1 Å². The quantitative estimate of drug-likeness (QED) is 0.904. The molecule has 0 radical (unpaired) electrons. The predicted molar refractivity (Wildman–Crippen MR) is 75.9 cm³/mol. The van der Waals surface area contributed by atoms with Crippen LogP contribution in [0.25, 0.3) is 0 Å². The second-order valence-electron chi connectivity index (χ2n) is 5.04. The third-order valence-corrected chi connectivity index (χ3v) is 4.37. The SMILES string of the molecule is CC(c1cccc(Br)c1)N(C)C(CN)C1CC1. The van der Waals surface area contributed by atoms with E-state index in [1.165, 1.54) is 18.4 Å². The minimum absolute atomic E-state index is 0.418. The van der Waals surface area contributed by atoms with Crippen molar-refractivity contribution in [3.63, 3.8) is 0 Å². The van der Waals surface area contributed by atoms with Gasteiger partial charge in [0.15, 0.2) is 0 Å². The van der Waals surface area contributed by atoms with Gasteiger partial charge in [-0.15, -0.1) is 0 Å². The van der Waals surface area contributed by atoms with Gasteiger partial charge in [0.05, 0.1) is 0 Å². The lowest BCUT2D eigenvalue weighted by Gasteiger charge is -2.33. The van der Waals surface area contributed by atoms with E-state index in [-0.39, 0.29) is 0 Å². The molecule has 2 atom stereocenters. The summed E-state index contributed by atoms with van der Waals surface area (Å²) in [5.74, 6) is 0.819. The van der Waals surface area contributed by atoms with Crippen LogP contribution < -0.4 is 5.73 Å². The third kappa shape index (κ3) is 3.09. The van der Waals surface area contributed by atoms with Crippen LogP contribution in [0.3, 0.4) is 0 Å². The van der Waals surface area contributed by atoms with Crippen molar-refractivity contribution in [3.8, 4) is 0 Å². The van der Waals surface area contributed by atoms with Crippen LogP contribution in [0.4, 0.5) is 0 Å². The number of rotatable bonds is 5. The van der Waals surface area contributed by atoms with Gasteiger partial charge in [0.2, 0.25) is 0 Å². The molecule has 17 heavy (non-hydrogen) atoms. The molecule has 1 aliphatic rings. The monoisotopic (exact) mass is 296 g/mol. The second kappa shape index (κ2) is 5.51. The fraction of sp³-hybridized carbons (Fsp3) is 0.571. The average Bonchev–Trinajstić information content (AvgIpc) is 3.13. The van der Waals surface area contributed by atoms with Gasteiger partial charge in [-0.05, 0) is 50.4 Å². The molecule has 0 saturated heterocycles. The Balaban J connectivity index is 2.10. The van der Waals surface area contributed by atoms with Crippen molar-refractivity contribution in [3.05, 3.63) is 34.3 Å². The Hall–Kier alpha value is -0.380. The first kappa shape index (κ1) is 13.1. The Bertz CT molecular complexity index is 376. The number of hydrogen-bond donors (Lipinski definition) is 1. The van der Waals surface area contributed by atoms with Crippen molar-refractivity contribution < 1.29 is 0 Å². The van der Waals surface area contributed by atoms with Crippen LogP contribution in [-0.4, -0.2) is 24.5 Å². The number of hydrogen-bond acceptors (Lipinski definition) is 2. The molecule has 2 nitrogen and oxygen atoms in total. The van der Waals surface area contributed by atoms with Gasteiger partial charge in [0.25, 0.3) is 0 Å². The summed E-state index contributed by atoms with van der Waals surface area (Å²) in [5, 5.41) is 0. The van der Waals surface area contributed by atoms with Crippen molar-refractivity contribution in [2.45, 2.75) is 31.8 Å². The van der Waals surface area contributed by atoms with E-state index in [4.69, 9.17) is 5.73 Å². The van der Waals surface area contributed by atoms with Gasteiger partial charge in [-0.2, -0.15) is 0 Å². The molecular weight excluding hydrogens is 276 g/mol.